The molecular formula is C18H15N3O2. The van der Waals surface area contributed by atoms with E-state index in [4.69, 9.17) is 9.15 Å². The quantitative estimate of drug-likeness (QED) is 0.727. The Hall–Kier alpha value is -2.84. The molecule has 0 aliphatic carbocycles. The molecule has 0 atom stereocenters. The van der Waals surface area contributed by atoms with Crippen molar-refractivity contribution < 1.29 is 9.15 Å². The largest absolute Gasteiger partial charge is 0.419 e. The van der Waals surface area contributed by atoms with Crippen LogP contribution < -0.4 is 4.90 Å². The van der Waals surface area contributed by atoms with Gasteiger partial charge in [0, 0.05) is 18.7 Å². The fourth-order valence-electron chi connectivity index (χ4n) is 2.89. The van der Waals surface area contributed by atoms with Gasteiger partial charge >= 0.3 is 0 Å². The zero-order chi connectivity index (χ0) is 15.6. The summed E-state index contributed by atoms with van der Waals surface area (Å²) in [6, 6.07) is 16.2. The molecule has 0 N–H and O–H groups in total. The predicted molar refractivity (Wildman–Crippen MR) is 87.2 cm³/mol. The molecule has 0 spiro atoms. The van der Waals surface area contributed by atoms with Crippen molar-refractivity contribution in [2.75, 3.05) is 31.2 Å². The number of rotatable bonds is 2. The van der Waals surface area contributed by atoms with E-state index < -0.39 is 0 Å². The molecule has 4 rings (SSSR count). The number of benzene rings is 2. The molecule has 0 radical (unpaired) electrons. The average molecular weight is 305 g/mol. The van der Waals surface area contributed by atoms with E-state index in [-0.39, 0.29) is 0 Å². The lowest BCUT2D eigenvalue weighted by atomic mass is 10.0. The van der Waals surface area contributed by atoms with Crippen molar-refractivity contribution in [2.45, 2.75) is 0 Å². The standard InChI is InChI=1S/C18H15N3O2/c19-12-16-18(21-8-10-22-11-9-21)23-17(20-16)15-7-3-5-13-4-1-2-6-14(13)15/h1-7H,8-11H2. The van der Waals surface area contributed by atoms with Crippen LogP contribution >= 0.6 is 0 Å². The average Bonchev–Trinajstić information content (AvgIpc) is 3.06. The van der Waals surface area contributed by atoms with Crippen LogP contribution in [0.15, 0.2) is 46.9 Å². The van der Waals surface area contributed by atoms with Crippen molar-refractivity contribution in [3.05, 3.63) is 48.2 Å². The number of anilines is 1. The monoisotopic (exact) mass is 305 g/mol. The van der Waals surface area contributed by atoms with Crippen LogP contribution in [-0.2, 0) is 4.74 Å². The number of hydrogen-bond donors (Lipinski definition) is 0. The number of fused-ring (bicyclic) bond motifs is 1. The molecule has 1 aliphatic heterocycles. The Morgan fingerprint density at radius 3 is 2.65 bits per heavy atom. The third kappa shape index (κ3) is 2.43. The maximum absolute atomic E-state index is 9.39. The van der Waals surface area contributed by atoms with Crippen molar-refractivity contribution >= 4 is 16.7 Å². The van der Waals surface area contributed by atoms with Gasteiger partial charge in [-0.25, -0.2) is 0 Å². The third-order valence-electron chi connectivity index (χ3n) is 4.03. The summed E-state index contributed by atoms with van der Waals surface area (Å²) in [6.45, 7) is 2.68. The highest BCUT2D eigenvalue weighted by Crippen LogP contribution is 2.32. The third-order valence-corrected chi connectivity index (χ3v) is 4.03. The van der Waals surface area contributed by atoms with E-state index in [9.17, 15) is 5.26 Å². The van der Waals surface area contributed by atoms with E-state index in [1.807, 2.05) is 35.2 Å². The molecule has 0 saturated carbocycles. The summed E-state index contributed by atoms with van der Waals surface area (Å²) in [4.78, 5) is 6.43. The van der Waals surface area contributed by atoms with Crippen molar-refractivity contribution in [3.8, 4) is 17.5 Å². The zero-order valence-corrected chi connectivity index (χ0v) is 12.5. The molecule has 23 heavy (non-hydrogen) atoms. The fourth-order valence-corrected chi connectivity index (χ4v) is 2.89. The Morgan fingerprint density at radius 2 is 1.83 bits per heavy atom. The van der Waals surface area contributed by atoms with Gasteiger partial charge < -0.3 is 14.1 Å². The number of morpholine rings is 1. The first-order valence-corrected chi connectivity index (χ1v) is 7.58. The minimum Gasteiger partial charge on any atom is -0.419 e. The van der Waals surface area contributed by atoms with Gasteiger partial charge in [0.1, 0.15) is 6.07 Å². The van der Waals surface area contributed by atoms with Crippen molar-refractivity contribution in [2.24, 2.45) is 0 Å². The van der Waals surface area contributed by atoms with Gasteiger partial charge in [-0.15, -0.1) is 0 Å². The van der Waals surface area contributed by atoms with Gasteiger partial charge in [-0.3, -0.25) is 0 Å². The van der Waals surface area contributed by atoms with Gasteiger partial charge in [-0.2, -0.15) is 10.2 Å². The molecule has 3 aromatic rings. The summed E-state index contributed by atoms with van der Waals surface area (Å²) in [7, 11) is 0. The lowest BCUT2D eigenvalue weighted by Crippen LogP contribution is -2.36. The molecule has 2 aromatic carbocycles. The summed E-state index contributed by atoms with van der Waals surface area (Å²) in [5.74, 6) is 1.03. The molecule has 1 fully saturated rings. The first-order valence-electron chi connectivity index (χ1n) is 7.58. The summed E-state index contributed by atoms with van der Waals surface area (Å²) in [5.41, 5.74) is 1.23. The molecule has 2 heterocycles. The number of oxazole rings is 1. The highest BCUT2D eigenvalue weighted by Gasteiger charge is 2.22. The minimum atomic E-state index is 0.329. The second-order valence-electron chi connectivity index (χ2n) is 5.41. The first kappa shape index (κ1) is 13.8. The van der Waals surface area contributed by atoms with Crippen molar-refractivity contribution in [3.63, 3.8) is 0 Å². The van der Waals surface area contributed by atoms with Gasteiger partial charge in [-0.05, 0) is 16.8 Å². The molecule has 0 bridgehead atoms. The van der Waals surface area contributed by atoms with E-state index in [1.165, 1.54) is 0 Å². The second-order valence-corrected chi connectivity index (χ2v) is 5.41. The van der Waals surface area contributed by atoms with Crippen LogP contribution in [0.5, 0.6) is 0 Å². The Balaban J connectivity index is 1.83. The SMILES string of the molecule is N#Cc1nc(-c2cccc3ccccc23)oc1N1CCOCC1. The Labute approximate surface area is 133 Å². The molecule has 0 unspecified atom stereocenters. The molecule has 0 amide bonds. The number of nitrogens with zero attached hydrogens (tertiary/aromatic N) is 3. The maximum atomic E-state index is 9.39. The lowest BCUT2D eigenvalue weighted by Gasteiger charge is -2.25. The minimum absolute atomic E-state index is 0.329. The molecule has 1 aliphatic rings. The summed E-state index contributed by atoms with van der Waals surface area (Å²) in [5, 5.41) is 11.6. The van der Waals surface area contributed by atoms with Crippen LogP contribution in [0.4, 0.5) is 5.88 Å². The normalized spacial score (nSPS) is 14.8. The van der Waals surface area contributed by atoms with Crippen LogP contribution in [0.2, 0.25) is 0 Å². The van der Waals surface area contributed by atoms with E-state index >= 15 is 0 Å². The van der Waals surface area contributed by atoms with Gasteiger partial charge in [0.25, 0.3) is 0 Å². The van der Waals surface area contributed by atoms with E-state index in [0.29, 0.717) is 43.8 Å². The second kappa shape index (κ2) is 5.75. The Morgan fingerprint density at radius 1 is 1.04 bits per heavy atom. The van der Waals surface area contributed by atoms with E-state index in [2.05, 4.69) is 23.2 Å². The van der Waals surface area contributed by atoms with Gasteiger partial charge in [0.2, 0.25) is 17.5 Å². The number of aromatic nitrogens is 1. The number of hydrogen-bond acceptors (Lipinski definition) is 5. The van der Waals surface area contributed by atoms with Crippen molar-refractivity contribution in [1.29, 1.82) is 5.26 Å². The van der Waals surface area contributed by atoms with Gasteiger partial charge in [-0.1, -0.05) is 36.4 Å². The summed E-state index contributed by atoms with van der Waals surface area (Å²) < 4.78 is 11.3. The van der Waals surface area contributed by atoms with Crippen LogP contribution in [0.3, 0.4) is 0 Å². The molecule has 114 valence electrons. The Kier molecular flexibility index (Phi) is 3.45. The van der Waals surface area contributed by atoms with Crippen LogP contribution in [0.1, 0.15) is 5.69 Å². The van der Waals surface area contributed by atoms with Crippen LogP contribution in [0, 0.1) is 11.3 Å². The predicted octanol–water partition coefficient (Wildman–Crippen LogP) is 3.20. The van der Waals surface area contributed by atoms with E-state index in [0.717, 1.165) is 16.3 Å². The highest BCUT2D eigenvalue weighted by molar-refractivity contribution is 5.94. The molecule has 5 nitrogen and oxygen atoms in total. The summed E-state index contributed by atoms with van der Waals surface area (Å²) in [6.07, 6.45) is 0. The first-order chi connectivity index (χ1) is 11.4. The van der Waals surface area contributed by atoms with Crippen LogP contribution in [0.25, 0.3) is 22.2 Å². The highest BCUT2D eigenvalue weighted by atomic mass is 16.5. The summed E-state index contributed by atoms with van der Waals surface area (Å²) >= 11 is 0. The lowest BCUT2D eigenvalue weighted by molar-refractivity contribution is 0.121. The smallest absolute Gasteiger partial charge is 0.235 e. The topological polar surface area (TPSA) is 62.3 Å². The van der Waals surface area contributed by atoms with Gasteiger partial charge in [0.15, 0.2) is 0 Å². The number of nitriles is 1. The van der Waals surface area contributed by atoms with Gasteiger partial charge in [0.05, 0.1) is 13.2 Å². The Bertz CT molecular complexity index is 883. The van der Waals surface area contributed by atoms with E-state index in [1.54, 1.807) is 0 Å². The van der Waals surface area contributed by atoms with Crippen LogP contribution in [-0.4, -0.2) is 31.3 Å². The molecular weight excluding hydrogens is 290 g/mol. The van der Waals surface area contributed by atoms with Crippen molar-refractivity contribution in [1.82, 2.24) is 4.98 Å². The fraction of sp³-hybridized carbons (Fsp3) is 0.222. The maximum Gasteiger partial charge on any atom is 0.235 e. The zero-order valence-electron chi connectivity index (χ0n) is 12.5. The molecule has 1 saturated heterocycles. The molecule has 1 aromatic heterocycles. The number of ether oxygens (including phenoxy) is 1. The molecule has 5 heteroatoms.